The van der Waals surface area contributed by atoms with Crippen molar-refractivity contribution in [3.05, 3.63) is 33.5 Å². The summed E-state index contributed by atoms with van der Waals surface area (Å²) in [5.74, 6) is 0.0403. The lowest BCUT2D eigenvalue weighted by Gasteiger charge is -2.05. The number of ether oxygens (including phenoxy) is 1. The Labute approximate surface area is 101 Å². The number of methoxy groups -OCH3 is 1. The molecule has 0 amide bonds. The molecule has 0 spiro atoms. The van der Waals surface area contributed by atoms with Crippen molar-refractivity contribution < 1.29 is 9.66 Å². The Hall–Kier alpha value is -1.43. The summed E-state index contributed by atoms with van der Waals surface area (Å²) >= 11 is 3.24. The zero-order valence-corrected chi connectivity index (χ0v) is 10.5. The predicted octanol–water partition coefficient (Wildman–Crippen LogP) is 2.71. The monoisotopic (exact) mass is 286 g/mol. The average molecular weight is 287 g/mol. The molecule has 86 valence electrons. The second kappa shape index (κ2) is 5.60. The van der Waals surface area contributed by atoms with E-state index in [4.69, 9.17) is 4.74 Å². The fourth-order valence-corrected chi connectivity index (χ4v) is 1.47. The topological polar surface area (TPSA) is 65.3 Å². The summed E-state index contributed by atoms with van der Waals surface area (Å²) in [4.78, 5) is 14.3. The molecule has 0 fully saturated rings. The predicted molar refractivity (Wildman–Crippen MR) is 65.0 cm³/mol. The van der Waals surface area contributed by atoms with E-state index in [1.165, 1.54) is 7.11 Å². The summed E-state index contributed by atoms with van der Waals surface area (Å²) in [7, 11) is 1.36. The van der Waals surface area contributed by atoms with Crippen LogP contribution in [0, 0.1) is 17.0 Å². The van der Waals surface area contributed by atoms with Crippen molar-refractivity contribution >= 4 is 27.7 Å². The van der Waals surface area contributed by atoms with Gasteiger partial charge >= 0.3 is 5.69 Å². The van der Waals surface area contributed by atoms with E-state index in [2.05, 4.69) is 20.9 Å². The number of rotatable bonds is 4. The van der Waals surface area contributed by atoms with Crippen LogP contribution in [0.4, 0.5) is 5.69 Å². The fourth-order valence-electron chi connectivity index (χ4n) is 1.29. The van der Waals surface area contributed by atoms with E-state index in [0.29, 0.717) is 16.5 Å². The molecule has 0 unspecified atom stereocenters. The van der Waals surface area contributed by atoms with Crippen molar-refractivity contribution in [1.29, 1.82) is 0 Å². The Kier molecular flexibility index (Phi) is 4.42. The van der Waals surface area contributed by atoms with Gasteiger partial charge in [-0.25, -0.2) is 4.98 Å². The minimum atomic E-state index is -0.480. The molecule has 1 rings (SSSR count). The first-order chi connectivity index (χ1) is 7.61. The smallest absolute Gasteiger partial charge is 0.334 e. The van der Waals surface area contributed by atoms with Crippen molar-refractivity contribution in [2.24, 2.45) is 0 Å². The molecule has 0 radical (unpaired) electrons. The molecular formula is C10H11BrN2O3. The average Bonchev–Trinajstić information content (AvgIpc) is 2.26. The Morgan fingerprint density at radius 3 is 2.88 bits per heavy atom. The van der Waals surface area contributed by atoms with Crippen LogP contribution in [-0.4, -0.2) is 22.3 Å². The van der Waals surface area contributed by atoms with E-state index < -0.39 is 4.92 Å². The molecule has 0 atom stereocenters. The van der Waals surface area contributed by atoms with Crippen molar-refractivity contribution in [2.75, 3.05) is 12.4 Å². The van der Waals surface area contributed by atoms with E-state index in [1.807, 2.05) is 6.08 Å². The van der Waals surface area contributed by atoms with Gasteiger partial charge in [0.05, 0.1) is 12.0 Å². The number of nitrogens with zero attached hydrogens (tertiary/aromatic N) is 2. The molecular weight excluding hydrogens is 276 g/mol. The molecule has 0 aliphatic rings. The summed E-state index contributed by atoms with van der Waals surface area (Å²) in [6, 6.07) is 0. The molecule has 16 heavy (non-hydrogen) atoms. The van der Waals surface area contributed by atoms with Gasteiger partial charge in [-0.3, -0.25) is 10.1 Å². The first-order valence-corrected chi connectivity index (χ1v) is 5.64. The third kappa shape index (κ3) is 2.57. The van der Waals surface area contributed by atoms with Crippen LogP contribution in [0.25, 0.3) is 6.08 Å². The number of nitro groups is 1. The van der Waals surface area contributed by atoms with Crippen LogP contribution >= 0.6 is 15.9 Å². The van der Waals surface area contributed by atoms with Gasteiger partial charge in [0.1, 0.15) is 0 Å². The van der Waals surface area contributed by atoms with Gasteiger partial charge in [-0.05, 0) is 6.92 Å². The normalized spacial score (nSPS) is 10.7. The van der Waals surface area contributed by atoms with Gasteiger partial charge < -0.3 is 4.74 Å². The number of allylic oxidation sites excluding steroid dienone is 1. The van der Waals surface area contributed by atoms with Gasteiger partial charge in [0.2, 0.25) is 0 Å². The molecule has 0 aliphatic heterocycles. The summed E-state index contributed by atoms with van der Waals surface area (Å²) in [6.45, 7) is 1.68. The van der Waals surface area contributed by atoms with Gasteiger partial charge in [0, 0.05) is 22.7 Å². The maximum absolute atomic E-state index is 10.9. The number of pyridine rings is 1. The van der Waals surface area contributed by atoms with Crippen LogP contribution in [0.5, 0.6) is 5.88 Å². The fraction of sp³-hybridized carbons (Fsp3) is 0.300. The van der Waals surface area contributed by atoms with E-state index in [-0.39, 0.29) is 11.6 Å². The van der Waals surface area contributed by atoms with Crippen LogP contribution in [0.1, 0.15) is 11.1 Å². The largest absolute Gasteiger partial charge is 0.476 e. The minimum Gasteiger partial charge on any atom is -0.476 e. The lowest BCUT2D eigenvalue weighted by Crippen LogP contribution is -2.00. The molecule has 0 saturated carbocycles. The molecule has 6 heteroatoms. The molecule has 1 aromatic heterocycles. The zero-order valence-electron chi connectivity index (χ0n) is 8.94. The van der Waals surface area contributed by atoms with Crippen LogP contribution in [-0.2, 0) is 0 Å². The van der Waals surface area contributed by atoms with Gasteiger partial charge in [-0.1, -0.05) is 28.1 Å². The summed E-state index contributed by atoms with van der Waals surface area (Å²) in [5.41, 5.74) is 1.18. The van der Waals surface area contributed by atoms with Crippen LogP contribution in [0.15, 0.2) is 12.3 Å². The first kappa shape index (κ1) is 12.6. The molecule has 1 aromatic rings. The van der Waals surface area contributed by atoms with Gasteiger partial charge in [0.25, 0.3) is 5.88 Å². The van der Waals surface area contributed by atoms with Gasteiger partial charge in [-0.15, -0.1) is 0 Å². The van der Waals surface area contributed by atoms with E-state index in [1.54, 1.807) is 19.2 Å². The third-order valence-corrected chi connectivity index (χ3v) is 2.45. The highest BCUT2D eigenvalue weighted by Crippen LogP contribution is 2.30. The first-order valence-electron chi connectivity index (χ1n) is 4.52. The van der Waals surface area contributed by atoms with E-state index in [9.17, 15) is 10.1 Å². The Balaban J connectivity index is 3.31. The Morgan fingerprint density at radius 1 is 1.69 bits per heavy atom. The molecule has 0 N–H and O–H groups in total. The zero-order chi connectivity index (χ0) is 12.1. The number of alkyl halides is 1. The molecule has 1 heterocycles. The molecule has 0 saturated heterocycles. The van der Waals surface area contributed by atoms with Gasteiger partial charge in [0.15, 0.2) is 0 Å². The van der Waals surface area contributed by atoms with Crippen molar-refractivity contribution in [1.82, 2.24) is 4.98 Å². The third-order valence-electron chi connectivity index (χ3n) is 2.07. The molecule has 0 aromatic carbocycles. The number of hydrogen-bond acceptors (Lipinski definition) is 4. The van der Waals surface area contributed by atoms with Crippen LogP contribution < -0.4 is 4.74 Å². The van der Waals surface area contributed by atoms with Crippen LogP contribution in [0.2, 0.25) is 0 Å². The maximum atomic E-state index is 10.9. The van der Waals surface area contributed by atoms with E-state index in [0.717, 1.165) is 0 Å². The molecule has 5 nitrogen and oxygen atoms in total. The van der Waals surface area contributed by atoms with Crippen molar-refractivity contribution in [3.8, 4) is 5.88 Å². The van der Waals surface area contributed by atoms with Crippen LogP contribution in [0.3, 0.4) is 0 Å². The summed E-state index contributed by atoms with van der Waals surface area (Å²) < 4.78 is 4.86. The quantitative estimate of drug-likeness (QED) is 0.485. The highest BCUT2D eigenvalue weighted by molar-refractivity contribution is 9.09. The van der Waals surface area contributed by atoms with E-state index >= 15 is 0 Å². The second-order valence-electron chi connectivity index (χ2n) is 3.01. The van der Waals surface area contributed by atoms with Crippen molar-refractivity contribution in [3.63, 3.8) is 0 Å². The Morgan fingerprint density at radius 2 is 2.38 bits per heavy atom. The number of hydrogen-bond donors (Lipinski definition) is 0. The molecule has 0 aliphatic carbocycles. The Bertz CT molecular complexity index is 432. The van der Waals surface area contributed by atoms with Crippen molar-refractivity contribution in [2.45, 2.75) is 6.92 Å². The summed E-state index contributed by atoms with van der Waals surface area (Å²) in [5, 5.41) is 11.6. The van der Waals surface area contributed by atoms with Gasteiger partial charge in [-0.2, -0.15) is 0 Å². The lowest BCUT2D eigenvalue weighted by atomic mass is 10.1. The minimum absolute atomic E-state index is 0.0403. The number of halogens is 1. The molecule has 0 bridgehead atoms. The second-order valence-corrected chi connectivity index (χ2v) is 3.66. The SMILES string of the molecule is COc1ncc(C=CCBr)c(C)c1[N+](=O)[O-]. The summed E-state index contributed by atoms with van der Waals surface area (Å²) in [6.07, 6.45) is 5.18. The highest BCUT2D eigenvalue weighted by Gasteiger charge is 2.21. The maximum Gasteiger partial charge on any atom is 0.334 e. The number of aromatic nitrogens is 1. The lowest BCUT2D eigenvalue weighted by molar-refractivity contribution is -0.386. The highest BCUT2D eigenvalue weighted by atomic mass is 79.9. The standard InChI is InChI=1S/C10H11BrN2O3/c1-7-8(4-3-5-11)6-12-10(16-2)9(7)13(14)15/h3-4,6H,5H2,1-2H3.